The average molecular weight is 480 g/mol. The molecule has 34 heavy (non-hydrogen) atoms. The van der Waals surface area contributed by atoms with Crippen LogP contribution >= 0.6 is 0 Å². The van der Waals surface area contributed by atoms with Crippen LogP contribution in [-0.2, 0) is 11.0 Å². The van der Waals surface area contributed by atoms with Gasteiger partial charge in [0.15, 0.2) is 0 Å². The van der Waals surface area contributed by atoms with Gasteiger partial charge in [0.25, 0.3) is 5.91 Å². The third kappa shape index (κ3) is 5.48. The van der Waals surface area contributed by atoms with Crippen LogP contribution in [0.2, 0.25) is 0 Å². The summed E-state index contributed by atoms with van der Waals surface area (Å²) >= 11 is 0. The van der Waals surface area contributed by atoms with Crippen molar-refractivity contribution in [2.75, 3.05) is 7.11 Å². The summed E-state index contributed by atoms with van der Waals surface area (Å²) < 4.78 is 72.4. The van der Waals surface area contributed by atoms with E-state index in [0.717, 1.165) is 12.1 Å². The molecule has 0 aliphatic carbocycles. The Kier molecular flexibility index (Phi) is 7.14. The van der Waals surface area contributed by atoms with Crippen LogP contribution < -0.4 is 10.1 Å². The smallest absolute Gasteiger partial charge is 0.416 e. The van der Waals surface area contributed by atoms with E-state index in [9.17, 15) is 31.5 Å². The van der Waals surface area contributed by atoms with E-state index in [2.05, 4.69) is 10.3 Å². The van der Waals surface area contributed by atoms with Crippen LogP contribution in [0.3, 0.4) is 0 Å². The highest BCUT2D eigenvalue weighted by molar-refractivity contribution is 5.93. The maximum atomic E-state index is 14.5. The van der Waals surface area contributed by atoms with E-state index < -0.39 is 47.7 Å². The molecule has 6 nitrogen and oxygen atoms in total. The highest BCUT2D eigenvalue weighted by Crippen LogP contribution is 2.35. The number of amides is 1. The fourth-order valence-electron chi connectivity index (χ4n) is 3.22. The Balaban J connectivity index is 1.98. The van der Waals surface area contributed by atoms with Crippen LogP contribution in [-0.4, -0.2) is 29.1 Å². The Bertz CT molecular complexity index is 1230. The monoisotopic (exact) mass is 480 g/mol. The van der Waals surface area contributed by atoms with Gasteiger partial charge in [-0.05, 0) is 36.4 Å². The maximum Gasteiger partial charge on any atom is 0.416 e. The molecule has 1 aromatic heterocycles. The second kappa shape index (κ2) is 9.86. The number of aromatic nitrogens is 1. The number of carboxylic acids is 1. The zero-order valence-corrected chi connectivity index (χ0v) is 17.5. The van der Waals surface area contributed by atoms with E-state index in [-0.39, 0.29) is 28.3 Å². The highest BCUT2D eigenvalue weighted by Gasteiger charge is 2.32. The summed E-state index contributed by atoms with van der Waals surface area (Å²) in [5.41, 5.74) is -2.19. The molecule has 1 atom stereocenters. The third-order valence-electron chi connectivity index (χ3n) is 4.83. The molecular formula is C23H17F5N2O4. The molecule has 0 bridgehead atoms. The first-order valence-electron chi connectivity index (χ1n) is 9.70. The van der Waals surface area contributed by atoms with E-state index in [0.29, 0.717) is 12.1 Å². The number of ether oxygens (including phenoxy) is 1. The Morgan fingerprint density at radius 2 is 1.76 bits per heavy atom. The lowest BCUT2D eigenvalue weighted by molar-refractivity contribution is -0.138. The minimum atomic E-state index is -4.76. The van der Waals surface area contributed by atoms with Crippen molar-refractivity contribution in [3.8, 4) is 17.0 Å². The van der Waals surface area contributed by atoms with Crippen molar-refractivity contribution >= 4 is 11.9 Å². The molecule has 178 valence electrons. The summed E-state index contributed by atoms with van der Waals surface area (Å²) in [4.78, 5) is 28.1. The lowest BCUT2D eigenvalue weighted by Crippen LogP contribution is -2.31. The molecule has 1 heterocycles. The number of nitrogens with zero attached hydrogens (tertiary/aromatic N) is 1. The van der Waals surface area contributed by atoms with Crippen molar-refractivity contribution in [3.63, 3.8) is 0 Å². The zero-order chi connectivity index (χ0) is 25.0. The van der Waals surface area contributed by atoms with Crippen LogP contribution in [0.5, 0.6) is 5.75 Å². The first kappa shape index (κ1) is 24.6. The molecule has 3 aromatic rings. The number of carbonyl (C=O) groups is 2. The fourth-order valence-corrected chi connectivity index (χ4v) is 3.22. The molecule has 2 N–H and O–H groups in total. The van der Waals surface area contributed by atoms with E-state index in [4.69, 9.17) is 9.84 Å². The average Bonchev–Trinajstić information content (AvgIpc) is 2.77. The molecule has 0 spiro atoms. The molecule has 0 radical (unpaired) electrons. The normalized spacial score (nSPS) is 12.2. The van der Waals surface area contributed by atoms with Crippen LogP contribution in [0.4, 0.5) is 22.0 Å². The molecular weight excluding hydrogens is 463 g/mol. The topological polar surface area (TPSA) is 88.5 Å². The highest BCUT2D eigenvalue weighted by atomic mass is 19.4. The van der Waals surface area contributed by atoms with Crippen LogP contribution in [0.15, 0.2) is 54.6 Å². The van der Waals surface area contributed by atoms with Crippen molar-refractivity contribution in [1.29, 1.82) is 0 Å². The first-order valence-corrected chi connectivity index (χ1v) is 9.70. The molecule has 1 amide bonds. The van der Waals surface area contributed by atoms with Crippen molar-refractivity contribution in [2.24, 2.45) is 0 Å². The number of rotatable bonds is 7. The minimum Gasteiger partial charge on any atom is -0.494 e. The summed E-state index contributed by atoms with van der Waals surface area (Å²) in [6.07, 6.45) is -5.40. The standard InChI is InChI=1S/C23H17F5N2O4/c1-34-19-9-8-17(29-21(19)14-7-6-12(10-16(14)25)23(26,27)28)22(33)30-18(11-20(31)32)13-4-2-3-5-15(13)24/h2-10,18H,11H2,1H3,(H,30,33)(H,31,32). The Labute approximate surface area is 190 Å². The van der Waals surface area contributed by atoms with Crippen molar-refractivity contribution in [1.82, 2.24) is 10.3 Å². The van der Waals surface area contributed by atoms with Gasteiger partial charge in [-0.2, -0.15) is 13.2 Å². The van der Waals surface area contributed by atoms with E-state index >= 15 is 0 Å². The molecule has 0 aliphatic rings. The molecule has 0 saturated carbocycles. The number of aliphatic carboxylic acids is 1. The number of hydrogen-bond donors (Lipinski definition) is 2. The second-order valence-corrected chi connectivity index (χ2v) is 7.09. The largest absolute Gasteiger partial charge is 0.494 e. The summed E-state index contributed by atoms with van der Waals surface area (Å²) in [5.74, 6) is -4.21. The number of methoxy groups -OCH3 is 1. The number of pyridine rings is 1. The number of nitrogens with one attached hydrogen (secondary N) is 1. The lowest BCUT2D eigenvalue weighted by atomic mass is 10.0. The van der Waals surface area contributed by atoms with Gasteiger partial charge in [0.05, 0.1) is 25.1 Å². The van der Waals surface area contributed by atoms with Gasteiger partial charge in [0.1, 0.15) is 28.8 Å². The van der Waals surface area contributed by atoms with E-state index in [1.54, 1.807) is 0 Å². The van der Waals surface area contributed by atoms with E-state index in [1.807, 2.05) is 0 Å². The van der Waals surface area contributed by atoms with Crippen molar-refractivity contribution in [3.05, 3.63) is 83.1 Å². The third-order valence-corrected chi connectivity index (χ3v) is 4.83. The van der Waals surface area contributed by atoms with Crippen LogP contribution in [0, 0.1) is 11.6 Å². The minimum absolute atomic E-state index is 0.0219. The molecule has 0 fully saturated rings. The van der Waals surface area contributed by atoms with Gasteiger partial charge in [-0.15, -0.1) is 0 Å². The molecule has 2 aromatic carbocycles. The Morgan fingerprint density at radius 3 is 2.35 bits per heavy atom. The lowest BCUT2D eigenvalue weighted by Gasteiger charge is -2.18. The van der Waals surface area contributed by atoms with Gasteiger partial charge in [-0.3, -0.25) is 9.59 Å². The second-order valence-electron chi connectivity index (χ2n) is 7.09. The summed E-state index contributed by atoms with van der Waals surface area (Å²) in [6, 6.07) is 8.30. The predicted molar refractivity (Wildman–Crippen MR) is 110 cm³/mol. The number of alkyl halides is 3. The maximum absolute atomic E-state index is 14.5. The zero-order valence-electron chi connectivity index (χ0n) is 17.5. The quantitative estimate of drug-likeness (QED) is 0.465. The molecule has 0 aliphatic heterocycles. The van der Waals surface area contributed by atoms with Crippen molar-refractivity contribution in [2.45, 2.75) is 18.6 Å². The summed E-state index contributed by atoms with van der Waals surface area (Å²) in [5, 5.41) is 11.5. The number of carbonyl (C=O) groups excluding carboxylic acids is 1. The Hall–Kier alpha value is -4.02. The molecule has 1 unspecified atom stereocenters. The SMILES string of the molecule is COc1ccc(C(=O)NC(CC(=O)O)c2ccccc2F)nc1-c1ccc(C(F)(F)F)cc1F. The number of halogens is 5. The fraction of sp³-hybridized carbons (Fsp3) is 0.174. The van der Waals surface area contributed by atoms with Gasteiger partial charge < -0.3 is 15.2 Å². The molecule has 11 heteroatoms. The predicted octanol–water partition coefficient (Wildman–Crippen LogP) is 5.00. The van der Waals surface area contributed by atoms with Gasteiger partial charge in [0, 0.05) is 11.1 Å². The van der Waals surface area contributed by atoms with Gasteiger partial charge in [-0.25, -0.2) is 13.8 Å². The van der Waals surface area contributed by atoms with Gasteiger partial charge in [-0.1, -0.05) is 18.2 Å². The van der Waals surface area contributed by atoms with Crippen molar-refractivity contribution < 1.29 is 41.4 Å². The number of benzene rings is 2. The first-order chi connectivity index (χ1) is 16.0. The van der Waals surface area contributed by atoms with Gasteiger partial charge in [0.2, 0.25) is 0 Å². The van der Waals surface area contributed by atoms with E-state index in [1.165, 1.54) is 37.4 Å². The Morgan fingerprint density at radius 1 is 1.06 bits per heavy atom. The molecule has 3 rings (SSSR count). The summed E-state index contributed by atoms with van der Waals surface area (Å²) in [6.45, 7) is 0. The van der Waals surface area contributed by atoms with Crippen LogP contribution in [0.1, 0.15) is 34.1 Å². The van der Waals surface area contributed by atoms with Crippen LogP contribution in [0.25, 0.3) is 11.3 Å². The molecule has 0 saturated heterocycles. The van der Waals surface area contributed by atoms with Gasteiger partial charge >= 0.3 is 12.1 Å². The number of carboxylic acid groups (broad SMARTS) is 1. The summed E-state index contributed by atoms with van der Waals surface area (Å²) in [7, 11) is 1.23. The number of hydrogen-bond acceptors (Lipinski definition) is 4.